The highest BCUT2D eigenvalue weighted by Crippen LogP contribution is 2.28. The van der Waals surface area contributed by atoms with E-state index in [9.17, 15) is 4.79 Å². The number of nitrogens with zero attached hydrogens (tertiary/aromatic N) is 4. The molecule has 4 heterocycles. The van der Waals surface area contributed by atoms with E-state index in [1.807, 2.05) is 21.7 Å². The van der Waals surface area contributed by atoms with E-state index >= 15 is 0 Å². The lowest BCUT2D eigenvalue weighted by Gasteiger charge is -2.31. The topological polar surface area (TPSA) is 85.3 Å². The van der Waals surface area contributed by atoms with Crippen molar-refractivity contribution in [2.45, 2.75) is 44.9 Å². The van der Waals surface area contributed by atoms with Crippen LogP contribution in [-0.2, 0) is 19.3 Å². The van der Waals surface area contributed by atoms with Crippen molar-refractivity contribution in [3.8, 4) is 11.4 Å². The summed E-state index contributed by atoms with van der Waals surface area (Å²) in [5.41, 5.74) is 2.53. The number of hydrogen-bond donors (Lipinski definition) is 0. The minimum Gasteiger partial charge on any atom is -0.360 e. The summed E-state index contributed by atoms with van der Waals surface area (Å²) < 4.78 is 10.9. The van der Waals surface area contributed by atoms with Gasteiger partial charge in [0.05, 0.1) is 0 Å². The zero-order valence-electron chi connectivity index (χ0n) is 15.6. The summed E-state index contributed by atoms with van der Waals surface area (Å²) in [5.74, 6) is 2.49. The zero-order valence-corrected chi connectivity index (χ0v) is 16.4. The molecule has 0 saturated carbocycles. The third-order valence-corrected chi connectivity index (χ3v) is 6.35. The summed E-state index contributed by atoms with van der Waals surface area (Å²) in [6.07, 6.45) is 6.71. The van der Waals surface area contributed by atoms with Crippen molar-refractivity contribution in [3.63, 3.8) is 0 Å². The van der Waals surface area contributed by atoms with Crippen LogP contribution in [0.1, 0.15) is 53.4 Å². The molecule has 0 bridgehead atoms. The average Bonchev–Trinajstić information content (AvgIpc) is 3.48. The van der Waals surface area contributed by atoms with Crippen LogP contribution in [0.2, 0.25) is 0 Å². The second kappa shape index (κ2) is 7.50. The summed E-state index contributed by atoms with van der Waals surface area (Å²) in [6, 6.07) is 1.99. The highest BCUT2D eigenvalue weighted by atomic mass is 32.1. The number of aromatic nitrogens is 3. The maximum atomic E-state index is 13.0. The number of piperidine rings is 1. The highest BCUT2D eigenvalue weighted by molar-refractivity contribution is 7.08. The number of amides is 1. The number of likely N-dealkylation sites (tertiary alicyclic amines) is 1. The van der Waals surface area contributed by atoms with E-state index in [0.717, 1.165) is 62.0 Å². The number of aryl methyl sites for hydroxylation is 1. The fourth-order valence-corrected chi connectivity index (χ4v) is 4.85. The Morgan fingerprint density at radius 1 is 1.21 bits per heavy atom. The van der Waals surface area contributed by atoms with Crippen molar-refractivity contribution in [2.75, 3.05) is 13.1 Å². The van der Waals surface area contributed by atoms with E-state index in [4.69, 9.17) is 9.05 Å². The Hall–Kier alpha value is -2.48. The van der Waals surface area contributed by atoms with E-state index < -0.39 is 0 Å². The molecule has 1 unspecified atom stereocenters. The summed E-state index contributed by atoms with van der Waals surface area (Å²) in [4.78, 5) is 19.5. The average molecular weight is 398 g/mol. The van der Waals surface area contributed by atoms with Crippen molar-refractivity contribution in [3.05, 3.63) is 39.7 Å². The fourth-order valence-electron chi connectivity index (χ4n) is 4.21. The maximum absolute atomic E-state index is 13.0. The third-order valence-electron chi connectivity index (χ3n) is 5.67. The standard InChI is InChI=1S/C20H22N4O3S/c25-20(18-15-5-1-2-6-16(15)26-22-18)24-8-3-4-13(11-24)10-17-21-19(23-27-17)14-7-9-28-12-14/h7,9,12-13H,1-6,8,10-11H2. The van der Waals surface area contributed by atoms with Gasteiger partial charge in [-0.3, -0.25) is 4.79 Å². The molecule has 1 atom stereocenters. The number of thiophene rings is 1. The van der Waals surface area contributed by atoms with Crippen LogP contribution in [0.4, 0.5) is 0 Å². The van der Waals surface area contributed by atoms with Crippen LogP contribution in [0.3, 0.4) is 0 Å². The zero-order chi connectivity index (χ0) is 18.9. The van der Waals surface area contributed by atoms with Gasteiger partial charge in [0.15, 0.2) is 5.69 Å². The summed E-state index contributed by atoms with van der Waals surface area (Å²) in [5, 5.41) is 12.2. The monoisotopic (exact) mass is 398 g/mol. The fraction of sp³-hybridized carbons (Fsp3) is 0.500. The molecule has 0 N–H and O–H groups in total. The molecule has 1 amide bonds. The van der Waals surface area contributed by atoms with Gasteiger partial charge in [-0.15, -0.1) is 0 Å². The number of fused-ring (bicyclic) bond motifs is 1. The van der Waals surface area contributed by atoms with E-state index in [1.165, 1.54) is 0 Å². The molecule has 2 aliphatic rings. The molecule has 0 spiro atoms. The smallest absolute Gasteiger partial charge is 0.276 e. The Morgan fingerprint density at radius 2 is 2.14 bits per heavy atom. The molecule has 1 aliphatic heterocycles. The first-order valence-corrected chi connectivity index (χ1v) is 10.8. The van der Waals surface area contributed by atoms with Gasteiger partial charge in [0, 0.05) is 42.4 Å². The molecule has 3 aromatic heterocycles. The molecule has 7 nitrogen and oxygen atoms in total. The van der Waals surface area contributed by atoms with Gasteiger partial charge in [-0.1, -0.05) is 10.3 Å². The molecule has 0 aromatic carbocycles. The Balaban J connectivity index is 1.26. The van der Waals surface area contributed by atoms with Gasteiger partial charge < -0.3 is 13.9 Å². The first-order valence-electron chi connectivity index (χ1n) is 9.90. The number of carbonyl (C=O) groups excluding carboxylic acids is 1. The van der Waals surface area contributed by atoms with Crippen molar-refractivity contribution in [1.82, 2.24) is 20.2 Å². The lowest BCUT2D eigenvalue weighted by atomic mass is 9.93. The molecule has 146 valence electrons. The first kappa shape index (κ1) is 17.6. The summed E-state index contributed by atoms with van der Waals surface area (Å²) in [7, 11) is 0. The largest absolute Gasteiger partial charge is 0.360 e. The van der Waals surface area contributed by atoms with Crippen LogP contribution in [0, 0.1) is 5.92 Å². The van der Waals surface area contributed by atoms with Crippen LogP contribution >= 0.6 is 11.3 Å². The number of carbonyl (C=O) groups is 1. The Morgan fingerprint density at radius 3 is 3.04 bits per heavy atom. The molecule has 1 saturated heterocycles. The lowest BCUT2D eigenvalue weighted by molar-refractivity contribution is 0.0656. The SMILES string of the molecule is O=C(c1noc2c1CCCC2)N1CCCC(Cc2nc(-c3ccsc3)no2)C1. The van der Waals surface area contributed by atoms with Gasteiger partial charge in [-0.05, 0) is 49.5 Å². The molecule has 5 rings (SSSR count). The number of hydrogen-bond acceptors (Lipinski definition) is 7. The molecule has 0 radical (unpaired) electrons. The summed E-state index contributed by atoms with van der Waals surface area (Å²) in [6.45, 7) is 1.46. The van der Waals surface area contributed by atoms with Gasteiger partial charge in [0.1, 0.15) is 5.76 Å². The van der Waals surface area contributed by atoms with Gasteiger partial charge in [-0.25, -0.2) is 0 Å². The normalized spacial score (nSPS) is 19.6. The third kappa shape index (κ3) is 3.37. The first-order chi connectivity index (χ1) is 13.8. The molecule has 1 aliphatic carbocycles. The van der Waals surface area contributed by atoms with Crippen LogP contribution in [0.15, 0.2) is 25.9 Å². The molecular formula is C20H22N4O3S. The predicted octanol–water partition coefficient (Wildman–Crippen LogP) is 3.76. The van der Waals surface area contributed by atoms with Crippen molar-refractivity contribution in [1.29, 1.82) is 0 Å². The van der Waals surface area contributed by atoms with Crippen molar-refractivity contribution in [2.24, 2.45) is 5.92 Å². The van der Waals surface area contributed by atoms with Gasteiger partial charge in [0.2, 0.25) is 11.7 Å². The minimum absolute atomic E-state index is 0.00101. The molecule has 1 fully saturated rings. The minimum atomic E-state index is 0.00101. The van der Waals surface area contributed by atoms with Crippen molar-refractivity contribution >= 4 is 17.2 Å². The Labute approximate surface area is 166 Å². The van der Waals surface area contributed by atoms with Gasteiger partial charge >= 0.3 is 0 Å². The van der Waals surface area contributed by atoms with E-state index in [2.05, 4.69) is 15.3 Å². The Bertz CT molecular complexity index is 962. The summed E-state index contributed by atoms with van der Waals surface area (Å²) >= 11 is 1.61. The van der Waals surface area contributed by atoms with Gasteiger partial charge in [-0.2, -0.15) is 16.3 Å². The Kier molecular flexibility index (Phi) is 4.72. The van der Waals surface area contributed by atoms with Gasteiger partial charge in [0.25, 0.3) is 5.91 Å². The maximum Gasteiger partial charge on any atom is 0.276 e. The lowest BCUT2D eigenvalue weighted by Crippen LogP contribution is -2.41. The van der Waals surface area contributed by atoms with E-state index in [0.29, 0.717) is 36.3 Å². The second-order valence-corrected chi connectivity index (χ2v) is 8.41. The molecular weight excluding hydrogens is 376 g/mol. The van der Waals surface area contributed by atoms with E-state index in [-0.39, 0.29) is 5.91 Å². The van der Waals surface area contributed by atoms with Crippen LogP contribution in [-0.4, -0.2) is 39.2 Å². The number of rotatable bonds is 4. The molecule has 28 heavy (non-hydrogen) atoms. The molecule has 8 heteroatoms. The van der Waals surface area contributed by atoms with Crippen LogP contribution < -0.4 is 0 Å². The quantitative estimate of drug-likeness (QED) is 0.665. The highest BCUT2D eigenvalue weighted by Gasteiger charge is 2.31. The van der Waals surface area contributed by atoms with E-state index in [1.54, 1.807) is 11.3 Å². The second-order valence-electron chi connectivity index (χ2n) is 7.63. The molecule has 3 aromatic rings. The van der Waals surface area contributed by atoms with Crippen molar-refractivity contribution < 1.29 is 13.8 Å². The predicted molar refractivity (Wildman–Crippen MR) is 103 cm³/mol. The van der Waals surface area contributed by atoms with Crippen LogP contribution in [0.25, 0.3) is 11.4 Å². The van der Waals surface area contributed by atoms with Crippen LogP contribution in [0.5, 0.6) is 0 Å².